The molecule has 0 aliphatic heterocycles. The maximum Gasteiger partial charge on any atom is 0.143 e. The van der Waals surface area contributed by atoms with Crippen molar-refractivity contribution < 1.29 is 14.9 Å². The van der Waals surface area contributed by atoms with Crippen molar-refractivity contribution in [2.24, 2.45) is 0 Å². The highest BCUT2D eigenvalue weighted by Crippen LogP contribution is 2.28. The Morgan fingerprint density at radius 1 is 1.20 bits per heavy atom. The fourth-order valence-corrected chi connectivity index (χ4v) is 1.80. The Morgan fingerprint density at radius 2 is 2.00 bits per heavy atom. The van der Waals surface area contributed by atoms with Gasteiger partial charge in [-0.15, -0.1) is 0 Å². The SMILES string of the molecule is COc1cc(C#N)ccc1NCc1ccc(O)cc1O. The molecule has 5 nitrogen and oxygen atoms in total. The summed E-state index contributed by atoms with van der Waals surface area (Å²) in [4.78, 5) is 0. The van der Waals surface area contributed by atoms with Crippen LogP contribution in [0.4, 0.5) is 5.69 Å². The number of benzene rings is 2. The van der Waals surface area contributed by atoms with Crippen LogP contribution in [-0.2, 0) is 6.54 Å². The number of hydrogen-bond donors (Lipinski definition) is 3. The minimum atomic E-state index is 0.0159. The van der Waals surface area contributed by atoms with E-state index in [1.807, 2.05) is 6.07 Å². The highest BCUT2D eigenvalue weighted by atomic mass is 16.5. The first-order chi connectivity index (χ1) is 9.63. The largest absolute Gasteiger partial charge is 0.508 e. The van der Waals surface area contributed by atoms with Crippen molar-refractivity contribution in [3.05, 3.63) is 47.5 Å². The van der Waals surface area contributed by atoms with Crippen LogP contribution in [0.2, 0.25) is 0 Å². The molecule has 5 heteroatoms. The molecule has 0 aliphatic carbocycles. The van der Waals surface area contributed by atoms with Crippen molar-refractivity contribution in [2.45, 2.75) is 6.54 Å². The summed E-state index contributed by atoms with van der Waals surface area (Å²) in [7, 11) is 1.53. The van der Waals surface area contributed by atoms with Crippen molar-refractivity contribution >= 4 is 5.69 Å². The van der Waals surface area contributed by atoms with Crippen molar-refractivity contribution in [3.8, 4) is 23.3 Å². The molecule has 0 heterocycles. The Bertz CT molecular complexity index is 663. The second kappa shape index (κ2) is 5.85. The molecule has 0 amide bonds. The Balaban J connectivity index is 2.16. The van der Waals surface area contributed by atoms with Gasteiger partial charge in [0.1, 0.15) is 17.2 Å². The average molecular weight is 270 g/mol. The summed E-state index contributed by atoms with van der Waals surface area (Å²) >= 11 is 0. The summed E-state index contributed by atoms with van der Waals surface area (Å²) in [6.07, 6.45) is 0. The number of nitriles is 1. The minimum absolute atomic E-state index is 0.0159. The highest BCUT2D eigenvalue weighted by molar-refractivity contribution is 5.60. The average Bonchev–Trinajstić information content (AvgIpc) is 2.46. The normalized spacial score (nSPS) is 9.80. The number of aromatic hydroxyl groups is 2. The Hall–Kier alpha value is -2.87. The van der Waals surface area contributed by atoms with E-state index in [1.165, 1.54) is 19.2 Å². The molecule has 102 valence electrons. The lowest BCUT2D eigenvalue weighted by Crippen LogP contribution is -2.01. The third-order valence-electron chi connectivity index (χ3n) is 2.87. The molecule has 0 radical (unpaired) electrons. The Kier molecular flexibility index (Phi) is 3.96. The van der Waals surface area contributed by atoms with Gasteiger partial charge in [0.2, 0.25) is 0 Å². The van der Waals surface area contributed by atoms with Gasteiger partial charge in [0, 0.05) is 24.2 Å². The van der Waals surface area contributed by atoms with Gasteiger partial charge in [-0.25, -0.2) is 0 Å². The molecule has 0 spiro atoms. The van der Waals surface area contributed by atoms with Crippen LogP contribution in [0.5, 0.6) is 17.2 Å². The first kappa shape index (κ1) is 13.6. The molecule has 2 aromatic rings. The van der Waals surface area contributed by atoms with Gasteiger partial charge in [-0.3, -0.25) is 0 Å². The van der Waals surface area contributed by atoms with Crippen LogP contribution in [0.3, 0.4) is 0 Å². The van der Waals surface area contributed by atoms with Crippen LogP contribution in [0, 0.1) is 11.3 Å². The smallest absolute Gasteiger partial charge is 0.143 e. The molecule has 0 aromatic heterocycles. The fourth-order valence-electron chi connectivity index (χ4n) is 1.80. The zero-order valence-corrected chi connectivity index (χ0v) is 10.9. The summed E-state index contributed by atoms with van der Waals surface area (Å²) in [6, 6.07) is 11.5. The quantitative estimate of drug-likeness (QED) is 0.795. The van der Waals surface area contributed by atoms with Crippen molar-refractivity contribution in [3.63, 3.8) is 0 Å². The number of hydrogen-bond acceptors (Lipinski definition) is 5. The van der Waals surface area contributed by atoms with Crippen LogP contribution in [-0.4, -0.2) is 17.3 Å². The van der Waals surface area contributed by atoms with Crippen molar-refractivity contribution in [1.29, 1.82) is 5.26 Å². The maximum atomic E-state index is 9.70. The molecule has 0 aliphatic rings. The first-order valence-electron chi connectivity index (χ1n) is 5.97. The van der Waals surface area contributed by atoms with Gasteiger partial charge >= 0.3 is 0 Å². The van der Waals surface area contributed by atoms with Crippen LogP contribution in [0.1, 0.15) is 11.1 Å². The van der Waals surface area contributed by atoms with Crippen molar-refractivity contribution in [1.82, 2.24) is 0 Å². The molecule has 2 aromatic carbocycles. The molecule has 0 fully saturated rings. The second-order valence-electron chi connectivity index (χ2n) is 4.19. The van der Waals surface area contributed by atoms with E-state index >= 15 is 0 Å². The van der Waals surface area contributed by atoms with Gasteiger partial charge in [-0.05, 0) is 24.3 Å². The molecule has 0 saturated heterocycles. The lowest BCUT2D eigenvalue weighted by Gasteiger charge is -2.12. The van der Waals surface area contributed by atoms with Gasteiger partial charge < -0.3 is 20.3 Å². The number of phenols is 2. The molecule has 0 atom stereocenters. The predicted octanol–water partition coefficient (Wildman–Crippen LogP) is 2.59. The summed E-state index contributed by atoms with van der Waals surface area (Å²) in [5, 5.41) is 30.9. The monoisotopic (exact) mass is 270 g/mol. The number of methoxy groups -OCH3 is 1. The van der Waals surface area contributed by atoms with E-state index in [1.54, 1.807) is 24.3 Å². The number of nitrogens with zero attached hydrogens (tertiary/aromatic N) is 1. The second-order valence-corrected chi connectivity index (χ2v) is 4.19. The van der Waals surface area contributed by atoms with Crippen LogP contribution in [0.15, 0.2) is 36.4 Å². The van der Waals surface area contributed by atoms with Crippen LogP contribution >= 0.6 is 0 Å². The van der Waals surface area contributed by atoms with Gasteiger partial charge in [0.15, 0.2) is 0 Å². The summed E-state index contributed by atoms with van der Waals surface area (Å²) in [5.74, 6) is 0.592. The van der Waals surface area contributed by atoms with E-state index in [-0.39, 0.29) is 11.5 Å². The summed E-state index contributed by atoms with van der Waals surface area (Å²) < 4.78 is 5.21. The molecular formula is C15H14N2O3. The van der Waals surface area contributed by atoms with Gasteiger partial charge in [0.25, 0.3) is 0 Å². The van der Waals surface area contributed by atoms with Gasteiger partial charge in [-0.1, -0.05) is 0 Å². The zero-order valence-electron chi connectivity index (χ0n) is 10.9. The van der Waals surface area contributed by atoms with Gasteiger partial charge in [-0.2, -0.15) is 5.26 Å². The first-order valence-corrected chi connectivity index (χ1v) is 5.97. The maximum absolute atomic E-state index is 9.70. The third kappa shape index (κ3) is 2.93. The molecular weight excluding hydrogens is 256 g/mol. The summed E-state index contributed by atoms with van der Waals surface area (Å²) in [6.45, 7) is 0.369. The third-order valence-corrected chi connectivity index (χ3v) is 2.87. The Labute approximate surface area is 116 Å². The number of rotatable bonds is 4. The van der Waals surface area contributed by atoms with Crippen molar-refractivity contribution in [2.75, 3.05) is 12.4 Å². The zero-order chi connectivity index (χ0) is 14.5. The number of phenolic OH excluding ortho intramolecular Hbond substituents is 2. The van der Waals surface area contributed by atoms with E-state index < -0.39 is 0 Å². The molecule has 2 rings (SSSR count). The lowest BCUT2D eigenvalue weighted by molar-refractivity contribution is 0.416. The van der Waals surface area contributed by atoms with Crippen LogP contribution in [0.25, 0.3) is 0 Å². The number of nitrogens with one attached hydrogen (secondary N) is 1. The Morgan fingerprint density at radius 3 is 2.65 bits per heavy atom. The van der Waals surface area contributed by atoms with Gasteiger partial charge in [0.05, 0.1) is 24.4 Å². The van der Waals surface area contributed by atoms with E-state index in [2.05, 4.69) is 5.32 Å². The standard InChI is InChI=1S/C15H14N2O3/c1-20-15-6-10(8-16)2-5-13(15)17-9-11-3-4-12(18)7-14(11)19/h2-7,17-19H,9H2,1H3. The highest BCUT2D eigenvalue weighted by Gasteiger charge is 2.06. The topological polar surface area (TPSA) is 85.5 Å². The van der Waals surface area contributed by atoms with E-state index in [0.717, 1.165) is 5.69 Å². The van der Waals surface area contributed by atoms with E-state index in [4.69, 9.17) is 10.00 Å². The lowest BCUT2D eigenvalue weighted by atomic mass is 10.1. The minimum Gasteiger partial charge on any atom is -0.508 e. The fraction of sp³-hybridized carbons (Fsp3) is 0.133. The molecule has 0 bridgehead atoms. The molecule has 0 unspecified atom stereocenters. The number of ether oxygens (including phenoxy) is 1. The predicted molar refractivity (Wildman–Crippen MR) is 74.8 cm³/mol. The van der Waals surface area contributed by atoms with E-state index in [9.17, 15) is 10.2 Å². The molecule has 0 saturated carbocycles. The number of anilines is 1. The van der Waals surface area contributed by atoms with Crippen LogP contribution < -0.4 is 10.1 Å². The van der Waals surface area contributed by atoms with E-state index in [0.29, 0.717) is 23.4 Å². The molecule has 20 heavy (non-hydrogen) atoms. The molecule has 3 N–H and O–H groups in total. The summed E-state index contributed by atoms with van der Waals surface area (Å²) in [5.41, 5.74) is 1.88.